The molecule has 0 unspecified atom stereocenters. The molecular weight excluding hydrogens is 348 g/mol. The Labute approximate surface area is 157 Å². The van der Waals surface area contributed by atoms with Crippen LogP contribution in [0.25, 0.3) is 11.6 Å². The zero-order chi connectivity index (χ0) is 19.8. The van der Waals surface area contributed by atoms with E-state index >= 15 is 0 Å². The molecule has 0 radical (unpaired) electrons. The Morgan fingerprint density at radius 1 is 1.37 bits per heavy atom. The van der Waals surface area contributed by atoms with Crippen molar-refractivity contribution in [3.63, 3.8) is 0 Å². The molecular formula is C19H22N4O4. The van der Waals surface area contributed by atoms with Gasteiger partial charge in [-0.1, -0.05) is 0 Å². The largest absolute Gasteiger partial charge is 0.443 e. The number of carbonyl (C=O) groups excluding carboxylic acids is 1. The molecule has 8 nitrogen and oxygen atoms in total. The number of nitrogens with zero attached hydrogens (tertiary/aromatic N) is 4. The van der Waals surface area contributed by atoms with Crippen LogP contribution in [-0.4, -0.2) is 32.7 Å². The molecule has 2 aromatic rings. The van der Waals surface area contributed by atoms with E-state index in [1.807, 2.05) is 23.9 Å². The summed E-state index contributed by atoms with van der Waals surface area (Å²) in [6.45, 7) is 5.84. The normalized spacial score (nSPS) is 15.6. The van der Waals surface area contributed by atoms with Gasteiger partial charge in [-0.2, -0.15) is 0 Å². The fourth-order valence-corrected chi connectivity index (χ4v) is 2.96. The van der Waals surface area contributed by atoms with Crippen LogP contribution in [0.3, 0.4) is 0 Å². The van der Waals surface area contributed by atoms with Crippen LogP contribution in [0.1, 0.15) is 38.4 Å². The van der Waals surface area contributed by atoms with E-state index in [0.717, 1.165) is 11.3 Å². The summed E-state index contributed by atoms with van der Waals surface area (Å²) in [4.78, 5) is 29.2. The first kappa shape index (κ1) is 18.6. The minimum absolute atomic E-state index is 0.0216. The standard InChI is InChI=1S/C19H22N4O4/c1-19(2,3)27-18(24)22-8-7-13(9-14-11-21(4)12-20-14)16-10-15(23(25)26)5-6-17(16)22/h5-6,9-12H,7-8H2,1-4H3/b13-9+. The minimum Gasteiger partial charge on any atom is -0.443 e. The summed E-state index contributed by atoms with van der Waals surface area (Å²) in [5.74, 6) is 0. The summed E-state index contributed by atoms with van der Waals surface area (Å²) in [6, 6.07) is 4.50. The summed E-state index contributed by atoms with van der Waals surface area (Å²) in [5.41, 5.74) is 2.26. The first-order chi connectivity index (χ1) is 12.6. The van der Waals surface area contributed by atoms with E-state index < -0.39 is 16.6 Å². The average Bonchev–Trinajstić information content (AvgIpc) is 2.98. The molecule has 0 N–H and O–H groups in total. The number of benzene rings is 1. The molecule has 3 rings (SSSR count). The number of hydrogen-bond acceptors (Lipinski definition) is 5. The van der Waals surface area contributed by atoms with Gasteiger partial charge in [0.1, 0.15) is 5.60 Å². The first-order valence-corrected chi connectivity index (χ1v) is 8.62. The number of ether oxygens (including phenoxy) is 1. The summed E-state index contributed by atoms with van der Waals surface area (Å²) >= 11 is 0. The van der Waals surface area contributed by atoms with Crippen molar-refractivity contribution in [3.05, 3.63) is 52.1 Å². The van der Waals surface area contributed by atoms with E-state index in [4.69, 9.17) is 4.74 Å². The fourth-order valence-electron chi connectivity index (χ4n) is 2.96. The molecule has 1 aromatic heterocycles. The lowest BCUT2D eigenvalue weighted by atomic mass is 9.94. The topological polar surface area (TPSA) is 90.5 Å². The molecule has 0 saturated heterocycles. The Hall–Kier alpha value is -3.16. The molecule has 1 amide bonds. The lowest BCUT2D eigenvalue weighted by molar-refractivity contribution is -0.384. The van der Waals surface area contributed by atoms with E-state index in [2.05, 4.69) is 4.98 Å². The maximum absolute atomic E-state index is 12.6. The van der Waals surface area contributed by atoms with Crippen LogP contribution in [0.15, 0.2) is 30.7 Å². The van der Waals surface area contributed by atoms with Crippen molar-refractivity contribution in [2.75, 3.05) is 11.4 Å². The van der Waals surface area contributed by atoms with Crippen molar-refractivity contribution in [1.82, 2.24) is 9.55 Å². The quantitative estimate of drug-likeness (QED) is 0.588. The molecule has 0 saturated carbocycles. The Kier molecular flexibility index (Phi) is 4.73. The third-order valence-corrected chi connectivity index (χ3v) is 4.09. The SMILES string of the molecule is Cn1cnc(/C=C2\CCN(C(=O)OC(C)(C)C)c3ccc([N+](=O)[O-])cc32)c1. The van der Waals surface area contributed by atoms with Crippen LogP contribution in [0.2, 0.25) is 0 Å². The van der Waals surface area contributed by atoms with Crippen LogP contribution < -0.4 is 4.90 Å². The average molecular weight is 370 g/mol. The summed E-state index contributed by atoms with van der Waals surface area (Å²) in [6.07, 6.45) is 5.54. The van der Waals surface area contributed by atoms with E-state index in [-0.39, 0.29) is 5.69 Å². The maximum Gasteiger partial charge on any atom is 0.414 e. The summed E-state index contributed by atoms with van der Waals surface area (Å²) in [7, 11) is 1.87. The van der Waals surface area contributed by atoms with Crippen LogP contribution >= 0.6 is 0 Å². The minimum atomic E-state index is -0.623. The highest BCUT2D eigenvalue weighted by Crippen LogP contribution is 2.38. The van der Waals surface area contributed by atoms with Gasteiger partial charge in [-0.05, 0) is 44.9 Å². The number of nitro groups is 1. The highest BCUT2D eigenvalue weighted by molar-refractivity contribution is 5.98. The highest BCUT2D eigenvalue weighted by atomic mass is 16.6. The lowest BCUT2D eigenvalue weighted by Gasteiger charge is -2.32. The summed E-state index contributed by atoms with van der Waals surface area (Å²) in [5, 5.41) is 11.2. The van der Waals surface area contributed by atoms with Gasteiger partial charge in [-0.3, -0.25) is 15.0 Å². The van der Waals surface area contributed by atoms with Gasteiger partial charge in [0, 0.05) is 37.5 Å². The molecule has 0 spiro atoms. The molecule has 2 heterocycles. The number of fused-ring (bicyclic) bond motifs is 1. The molecule has 27 heavy (non-hydrogen) atoms. The van der Waals surface area contributed by atoms with Gasteiger partial charge in [0.2, 0.25) is 0 Å². The number of amides is 1. The summed E-state index contributed by atoms with van der Waals surface area (Å²) < 4.78 is 7.32. The van der Waals surface area contributed by atoms with Crippen LogP contribution in [0.5, 0.6) is 0 Å². The van der Waals surface area contributed by atoms with Crippen LogP contribution in [0, 0.1) is 10.1 Å². The molecule has 1 aliphatic rings. The van der Waals surface area contributed by atoms with Gasteiger partial charge in [-0.25, -0.2) is 9.78 Å². The number of aromatic nitrogens is 2. The molecule has 8 heteroatoms. The van der Waals surface area contributed by atoms with Crippen molar-refractivity contribution >= 4 is 29.1 Å². The molecule has 0 atom stereocenters. The molecule has 1 aromatic carbocycles. The second-order valence-electron chi connectivity index (χ2n) is 7.47. The molecule has 142 valence electrons. The number of aryl methyl sites for hydroxylation is 1. The van der Waals surface area contributed by atoms with Gasteiger partial charge in [-0.15, -0.1) is 0 Å². The maximum atomic E-state index is 12.6. The van der Waals surface area contributed by atoms with Gasteiger partial charge in [0.05, 0.1) is 22.6 Å². The van der Waals surface area contributed by atoms with Gasteiger partial charge < -0.3 is 9.30 Å². The van der Waals surface area contributed by atoms with Gasteiger partial charge >= 0.3 is 6.09 Å². The zero-order valence-electron chi connectivity index (χ0n) is 15.8. The Morgan fingerprint density at radius 3 is 2.70 bits per heavy atom. The number of rotatable bonds is 2. The highest BCUT2D eigenvalue weighted by Gasteiger charge is 2.30. The number of carbonyl (C=O) groups is 1. The van der Waals surface area contributed by atoms with E-state index in [1.165, 1.54) is 17.0 Å². The predicted octanol–water partition coefficient (Wildman–Crippen LogP) is 4.01. The van der Waals surface area contributed by atoms with E-state index in [1.54, 1.807) is 33.2 Å². The lowest BCUT2D eigenvalue weighted by Crippen LogP contribution is -2.39. The number of nitro benzene ring substituents is 1. The molecule has 0 aliphatic carbocycles. The number of anilines is 1. The zero-order valence-corrected chi connectivity index (χ0v) is 15.8. The Balaban J connectivity index is 2.04. The van der Waals surface area contributed by atoms with Crippen molar-refractivity contribution in [1.29, 1.82) is 0 Å². The van der Waals surface area contributed by atoms with Crippen LogP contribution in [-0.2, 0) is 11.8 Å². The number of non-ortho nitro benzene ring substituents is 1. The first-order valence-electron chi connectivity index (χ1n) is 8.62. The fraction of sp³-hybridized carbons (Fsp3) is 0.368. The number of imidazole rings is 1. The molecule has 1 aliphatic heterocycles. The van der Waals surface area contributed by atoms with Crippen molar-refractivity contribution in [2.24, 2.45) is 7.05 Å². The van der Waals surface area contributed by atoms with Gasteiger partial charge in [0.25, 0.3) is 5.69 Å². The second-order valence-corrected chi connectivity index (χ2v) is 7.47. The molecule has 0 fully saturated rings. The number of hydrogen-bond donors (Lipinski definition) is 0. The smallest absolute Gasteiger partial charge is 0.414 e. The second kappa shape index (κ2) is 6.86. The van der Waals surface area contributed by atoms with E-state index in [0.29, 0.717) is 24.2 Å². The third-order valence-electron chi connectivity index (χ3n) is 4.09. The predicted molar refractivity (Wildman–Crippen MR) is 102 cm³/mol. The Bertz CT molecular complexity index is 924. The molecule has 0 bridgehead atoms. The van der Waals surface area contributed by atoms with Crippen molar-refractivity contribution in [3.8, 4) is 0 Å². The monoisotopic (exact) mass is 370 g/mol. The third kappa shape index (κ3) is 4.16. The Morgan fingerprint density at radius 2 is 2.11 bits per heavy atom. The van der Waals surface area contributed by atoms with Gasteiger partial charge in [0.15, 0.2) is 0 Å². The van der Waals surface area contributed by atoms with Crippen molar-refractivity contribution in [2.45, 2.75) is 32.8 Å². The van der Waals surface area contributed by atoms with E-state index in [9.17, 15) is 14.9 Å². The van der Waals surface area contributed by atoms with Crippen molar-refractivity contribution < 1.29 is 14.5 Å². The van der Waals surface area contributed by atoms with Crippen LogP contribution in [0.4, 0.5) is 16.2 Å².